The van der Waals surface area contributed by atoms with Gasteiger partial charge in [-0.1, -0.05) is 43.7 Å². The highest BCUT2D eigenvalue weighted by molar-refractivity contribution is 5.77. The van der Waals surface area contributed by atoms with Gasteiger partial charge in [0.15, 0.2) is 11.9 Å². The van der Waals surface area contributed by atoms with Crippen LogP contribution in [0.2, 0.25) is 0 Å². The molecule has 1 unspecified atom stereocenters. The summed E-state index contributed by atoms with van der Waals surface area (Å²) in [5.41, 5.74) is 4.00. The minimum atomic E-state index is -0.300. The van der Waals surface area contributed by atoms with Gasteiger partial charge in [0.1, 0.15) is 11.6 Å². The van der Waals surface area contributed by atoms with Gasteiger partial charge in [0, 0.05) is 49.1 Å². The van der Waals surface area contributed by atoms with E-state index in [1.807, 2.05) is 67.7 Å². The molecule has 0 spiro atoms. The highest BCUT2D eigenvalue weighted by Gasteiger charge is 2.20. The smallest absolute Gasteiger partial charge is 0.257 e. The van der Waals surface area contributed by atoms with Gasteiger partial charge in [0.25, 0.3) is 5.88 Å². The molecule has 1 N–H and O–H groups in total. The molecule has 0 radical (unpaired) electrons. The Balaban J connectivity index is 1.50. The Labute approximate surface area is 218 Å². The number of methoxy groups -OCH3 is 1. The number of aromatic amines is 1. The average Bonchev–Trinajstić information content (AvgIpc) is 3.41. The molecule has 7 nitrogen and oxygen atoms in total. The number of imidazole rings is 1. The van der Waals surface area contributed by atoms with Crippen LogP contribution in [0.15, 0.2) is 73.2 Å². The van der Waals surface area contributed by atoms with Gasteiger partial charge in [-0.2, -0.15) is 0 Å². The van der Waals surface area contributed by atoms with E-state index < -0.39 is 0 Å². The second-order valence-electron chi connectivity index (χ2n) is 8.99. The van der Waals surface area contributed by atoms with Crippen molar-refractivity contribution >= 4 is 5.78 Å². The number of H-pyrrole nitrogens is 1. The van der Waals surface area contributed by atoms with Crippen LogP contribution in [0.3, 0.4) is 0 Å². The second kappa shape index (κ2) is 13.3. The molecule has 3 aromatic heterocycles. The van der Waals surface area contributed by atoms with Crippen LogP contribution >= 0.6 is 0 Å². The molecule has 0 saturated carbocycles. The third-order valence-corrected chi connectivity index (χ3v) is 6.27. The molecule has 0 fully saturated rings. The lowest BCUT2D eigenvalue weighted by Gasteiger charge is -2.19. The molecular weight excluding hydrogens is 464 g/mol. The fourth-order valence-electron chi connectivity index (χ4n) is 4.19. The number of nitrogens with one attached hydrogen (secondary N) is 1. The first kappa shape index (κ1) is 26.1. The quantitative estimate of drug-likeness (QED) is 0.199. The van der Waals surface area contributed by atoms with Crippen molar-refractivity contribution in [3.63, 3.8) is 0 Å². The third kappa shape index (κ3) is 7.49. The number of pyridine rings is 2. The standard InChI is InChI=1S/C30H34N4O3/c1-3-25(35)12-8-5-9-13-27(29-32-21-24(33-29)20-22-16-18-31-19-17-22)37-28-15-14-26(34-30(28)36-2)23-10-6-4-7-11-23/h4,6-7,10-11,14-19,21,27H,3,5,8-9,12-13,20H2,1-2H3,(H,32,33). The Bertz CT molecular complexity index is 1260. The number of unbranched alkanes of at least 4 members (excludes halogenated alkanes) is 2. The van der Waals surface area contributed by atoms with E-state index in [-0.39, 0.29) is 6.10 Å². The molecule has 4 rings (SSSR count). The number of carbonyl (C=O) groups is 1. The molecule has 0 bridgehead atoms. The molecule has 1 atom stereocenters. The van der Waals surface area contributed by atoms with Crippen molar-refractivity contribution in [2.75, 3.05) is 7.11 Å². The van der Waals surface area contributed by atoms with Gasteiger partial charge in [0.05, 0.1) is 12.8 Å². The van der Waals surface area contributed by atoms with Gasteiger partial charge in [-0.3, -0.25) is 9.78 Å². The highest BCUT2D eigenvalue weighted by atomic mass is 16.5. The summed E-state index contributed by atoms with van der Waals surface area (Å²) in [5, 5.41) is 0. The average molecular weight is 499 g/mol. The summed E-state index contributed by atoms with van der Waals surface area (Å²) in [6, 6.07) is 17.8. The second-order valence-corrected chi connectivity index (χ2v) is 8.99. The van der Waals surface area contributed by atoms with E-state index in [1.165, 1.54) is 0 Å². The Morgan fingerprint density at radius 3 is 2.57 bits per heavy atom. The van der Waals surface area contributed by atoms with Crippen LogP contribution in [0, 0.1) is 0 Å². The number of ketones is 1. The number of aromatic nitrogens is 4. The fourth-order valence-corrected chi connectivity index (χ4v) is 4.19. The summed E-state index contributed by atoms with van der Waals surface area (Å²) < 4.78 is 12.1. The number of hydrogen-bond acceptors (Lipinski definition) is 6. The van der Waals surface area contributed by atoms with Gasteiger partial charge < -0.3 is 14.5 Å². The number of Topliss-reactive ketones (excluding diaryl/α,β-unsaturated/α-hetero) is 1. The number of carbonyl (C=O) groups excluding carboxylic acids is 1. The lowest BCUT2D eigenvalue weighted by Crippen LogP contribution is -2.11. The van der Waals surface area contributed by atoms with Crippen LogP contribution in [-0.2, 0) is 11.2 Å². The van der Waals surface area contributed by atoms with E-state index in [9.17, 15) is 4.79 Å². The molecule has 0 aliphatic rings. The summed E-state index contributed by atoms with van der Waals surface area (Å²) in [6.45, 7) is 1.91. The Morgan fingerprint density at radius 2 is 1.81 bits per heavy atom. The van der Waals surface area contributed by atoms with Crippen LogP contribution < -0.4 is 9.47 Å². The lowest BCUT2D eigenvalue weighted by atomic mass is 10.1. The molecule has 4 aromatic rings. The zero-order valence-corrected chi connectivity index (χ0v) is 21.5. The van der Waals surface area contributed by atoms with E-state index >= 15 is 0 Å². The number of benzene rings is 1. The van der Waals surface area contributed by atoms with Crippen LogP contribution in [0.25, 0.3) is 11.3 Å². The molecule has 192 valence electrons. The van der Waals surface area contributed by atoms with Crippen molar-refractivity contribution in [1.82, 2.24) is 19.9 Å². The van der Waals surface area contributed by atoms with Crippen molar-refractivity contribution in [3.8, 4) is 22.9 Å². The first-order valence-corrected chi connectivity index (χ1v) is 12.9. The maximum Gasteiger partial charge on any atom is 0.257 e. The number of rotatable bonds is 14. The van der Waals surface area contributed by atoms with Crippen LogP contribution in [0.5, 0.6) is 11.6 Å². The summed E-state index contributed by atoms with van der Waals surface area (Å²) in [7, 11) is 1.60. The van der Waals surface area contributed by atoms with E-state index in [4.69, 9.17) is 9.47 Å². The summed E-state index contributed by atoms with van der Waals surface area (Å²) in [6.07, 6.45) is 10.6. The number of hydrogen-bond donors (Lipinski definition) is 1. The Kier molecular flexibility index (Phi) is 9.41. The minimum absolute atomic E-state index is 0.300. The normalized spacial score (nSPS) is 11.7. The van der Waals surface area contributed by atoms with E-state index in [0.29, 0.717) is 30.3 Å². The third-order valence-electron chi connectivity index (χ3n) is 6.27. The van der Waals surface area contributed by atoms with Gasteiger partial charge in [-0.25, -0.2) is 9.97 Å². The zero-order chi connectivity index (χ0) is 25.9. The number of ether oxygens (including phenoxy) is 2. The van der Waals surface area contributed by atoms with Gasteiger partial charge in [-0.05, 0) is 49.1 Å². The SMILES string of the molecule is CCC(=O)CCCCCC(Oc1ccc(-c2ccccc2)nc1OC)c1ncc(Cc2ccncc2)[nH]1. The molecule has 0 aliphatic carbocycles. The summed E-state index contributed by atoms with van der Waals surface area (Å²) in [4.78, 5) is 28.5. The Hall–Kier alpha value is -4.00. The molecule has 0 aliphatic heterocycles. The maximum atomic E-state index is 11.7. The first-order chi connectivity index (χ1) is 18.2. The predicted octanol–water partition coefficient (Wildman–Crippen LogP) is 6.52. The molecule has 7 heteroatoms. The number of nitrogens with zero attached hydrogens (tertiary/aromatic N) is 3. The van der Waals surface area contributed by atoms with Gasteiger partial charge in [-0.15, -0.1) is 0 Å². The first-order valence-electron chi connectivity index (χ1n) is 12.9. The van der Waals surface area contributed by atoms with Crippen LogP contribution in [-0.4, -0.2) is 32.8 Å². The van der Waals surface area contributed by atoms with Gasteiger partial charge in [0.2, 0.25) is 0 Å². The lowest BCUT2D eigenvalue weighted by molar-refractivity contribution is -0.118. The highest BCUT2D eigenvalue weighted by Crippen LogP contribution is 2.33. The maximum absolute atomic E-state index is 11.7. The molecule has 1 aromatic carbocycles. The monoisotopic (exact) mass is 498 g/mol. The summed E-state index contributed by atoms with van der Waals surface area (Å²) >= 11 is 0. The van der Waals surface area contributed by atoms with Crippen molar-refractivity contribution in [1.29, 1.82) is 0 Å². The van der Waals surface area contributed by atoms with Crippen molar-refractivity contribution in [2.24, 2.45) is 0 Å². The topological polar surface area (TPSA) is 90.0 Å². The van der Waals surface area contributed by atoms with Gasteiger partial charge >= 0.3 is 0 Å². The zero-order valence-electron chi connectivity index (χ0n) is 21.5. The van der Waals surface area contributed by atoms with Crippen molar-refractivity contribution in [3.05, 3.63) is 90.3 Å². The van der Waals surface area contributed by atoms with E-state index in [1.54, 1.807) is 19.5 Å². The molecule has 0 saturated heterocycles. The van der Waals surface area contributed by atoms with Crippen LogP contribution in [0.1, 0.15) is 68.6 Å². The molecular formula is C30H34N4O3. The van der Waals surface area contributed by atoms with Crippen molar-refractivity contribution < 1.29 is 14.3 Å². The summed E-state index contributed by atoms with van der Waals surface area (Å²) in [5.74, 6) is 2.08. The van der Waals surface area contributed by atoms with Crippen molar-refractivity contribution in [2.45, 2.75) is 58.0 Å². The molecule has 0 amide bonds. The van der Waals surface area contributed by atoms with Crippen LogP contribution in [0.4, 0.5) is 0 Å². The fraction of sp³-hybridized carbons (Fsp3) is 0.333. The predicted molar refractivity (Wildman–Crippen MR) is 144 cm³/mol. The van der Waals surface area contributed by atoms with E-state index in [0.717, 1.165) is 60.4 Å². The van der Waals surface area contributed by atoms with E-state index in [2.05, 4.69) is 19.9 Å². The largest absolute Gasteiger partial charge is 0.478 e. The molecule has 3 heterocycles. The minimum Gasteiger partial charge on any atom is -0.478 e. The molecule has 37 heavy (non-hydrogen) atoms. The Morgan fingerprint density at radius 1 is 1.00 bits per heavy atom.